The molecule has 1 aliphatic carbocycles. The summed E-state index contributed by atoms with van der Waals surface area (Å²) in [7, 11) is 0. The molecule has 1 heterocycles. The van der Waals surface area contributed by atoms with Crippen molar-refractivity contribution in [3.63, 3.8) is 0 Å². The first kappa shape index (κ1) is 12.6. The van der Waals surface area contributed by atoms with Crippen molar-refractivity contribution in [3.8, 4) is 0 Å². The zero-order valence-corrected chi connectivity index (χ0v) is 11.1. The second kappa shape index (κ2) is 5.67. The van der Waals surface area contributed by atoms with Crippen LogP contribution in [0.1, 0.15) is 45.1 Å². The van der Waals surface area contributed by atoms with Gasteiger partial charge in [-0.25, -0.2) is 0 Å². The van der Waals surface area contributed by atoms with Gasteiger partial charge >= 0.3 is 0 Å². The zero-order chi connectivity index (χ0) is 12.3. The zero-order valence-electron chi connectivity index (χ0n) is 11.1. The predicted octanol–water partition coefficient (Wildman–Crippen LogP) is 2.60. The highest BCUT2D eigenvalue weighted by molar-refractivity contribution is 5.06. The van der Waals surface area contributed by atoms with E-state index in [1.54, 1.807) is 0 Å². The largest absolute Gasteiger partial charge is 0.327 e. The monoisotopic (exact) mass is 235 g/mol. The van der Waals surface area contributed by atoms with Crippen LogP contribution in [0.5, 0.6) is 0 Å². The van der Waals surface area contributed by atoms with Crippen LogP contribution in [-0.2, 0) is 13.0 Å². The maximum Gasteiger partial charge on any atom is 0.0521 e. The molecule has 2 N–H and O–H groups in total. The summed E-state index contributed by atoms with van der Waals surface area (Å²) in [5.41, 5.74) is 7.61. The van der Waals surface area contributed by atoms with Crippen LogP contribution < -0.4 is 5.73 Å². The van der Waals surface area contributed by atoms with Gasteiger partial charge in [0.25, 0.3) is 0 Å². The summed E-state index contributed by atoms with van der Waals surface area (Å²) in [4.78, 5) is 0. The van der Waals surface area contributed by atoms with E-state index < -0.39 is 0 Å². The molecule has 0 bridgehead atoms. The standard InChI is InChI=1S/C14H25N3/c1-3-11-5-6-14(15)13(7-11)8-12-9-16-17(4-2)10-12/h9-11,13-14H,3-8,15H2,1-2H3. The highest BCUT2D eigenvalue weighted by Crippen LogP contribution is 2.32. The van der Waals surface area contributed by atoms with E-state index in [9.17, 15) is 0 Å². The summed E-state index contributed by atoms with van der Waals surface area (Å²) >= 11 is 0. The molecular formula is C14H25N3. The predicted molar refractivity (Wildman–Crippen MR) is 70.7 cm³/mol. The minimum atomic E-state index is 0.391. The van der Waals surface area contributed by atoms with Crippen LogP contribution in [0, 0.1) is 11.8 Å². The van der Waals surface area contributed by atoms with Gasteiger partial charge in [-0.15, -0.1) is 0 Å². The molecular weight excluding hydrogens is 210 g/mol. The molecule has 0 amide bonds. The van der Waals surface area contributed by atoms with E-state index in [1.165, 1.54) is 31.2 Å². The number of nitrogens with zero attached hydrogens (tertiary/aromatic N) is 2. The van der Waals surface area contributed by atoms with Crippen molar-refractivity contribution in [1.29, 1.82) is 0 Å². The molecule has 1 saturated carbocycles. The molecule has 3 atom stereocenters. The van der Waals surface area contributed by atoms with Gasteiger partial charge in [-0.1, -0.05) is 13.3 Å². The van der Waals surface area contributed by atoms with Crippen LogP contribution in [0.2, 0.25) is 0 Å². The fourth-order valence-corrected chi connectivity index (χ4v) is 2.98. The Morgan fingerprint density at radius 3 is 2.88 bits per heavy atom. The molecule has 0 saturated heterocycles. The van der Waals surface area contributed by atoms with Gasteiger partial charge in [0.15, 0.2) is 0 Å². The van der Waals surface area contributed by atoms with Crippen LogP contribution in [0.15, 0.2) is 12.4 Å². The van der Waals surface area contributed by atoms with Gasteiger partial charge in [0.2, 0.25) is 0 Å². The van der Waals surface area contributed by atoms with Gasteiger partial charge < -0.3 is 5.73 Å². The maximum atomic E-state index is 6.26. The molecule has 1 aromatic rings. The van der Waals surface area contributed by atoms with Crippen molar-refractivity contribution >= 4 is 0 Å². The molecule has 3 heteroatoms. The van der Waals surface area contributed by atoms with E-state index in [2.05, 4.69) is 25.1 Å². The van der Waals surface area contributed by atoms with Gasteiger partial charge in [-0.2, -0.15) is 5.10 Å². The molecule has 3 unspecified atom stereocenters. The van der Waals surface area contributed by atoms with E-state index >= 15 is 0 Å². The van der Waals surface area contributed by atoms with Crippen molar-refractivity contribution in [2.24, 2.45) is 17.6 Å². The van der Waals surface area contributed by atoms with Crippen LogP contribution in [0.25, 0.3) is 0 Å². The quantitative estimate of drug-likeness (QED) is 0.871. The summed E-state index contributed by atoms with van der Waals surface area (Å²) in [6.45, 7) is 5.37. The molecule has 1 fully saturated rings. The van der Waals surface area contributed by atoms with Crippen molar-refractivity contribution in [2.75, 3.05) is 0 Å². The van der Waals surface area contributed by atoms with Crippen LogP contribution in [-0.4, -0.2) is 15.8 Å². The first-order valence-corrected chi connectivity index (χ1v) is 6.99. The fraction of sp³-hybridized carbons (Fsp3) is 0.786. The Morgan fingerprint density at radius 2 is 2.24 bits per heavy atom. The highest BCUT2D eigenvalue weighted by atomic mass is 15.3. The van der Waals surface area contributed by atoms with Crippen LogP contribution in [0.3, 0.4) is 0 Å². The molecule has 1 aliphatic rings. The lowest BCUT2D eigenvalue weighted by Crippen LogP contribution is -2.37. The van der Waals surface area contributed by atoms with E-state index in [1.807, 2.05) is 10.9 Å². The third-order valence-electron chi connectivity index (χ3n) is 4.24. The fourth-order valence-electron chi connectivity index (χ4n) is 2.98. The Labute approximate surface area is 104 Å². The molecule has 0 radical (unpaired) electrons. The van der Waals surface area contributed by atoms with Crippen LogP contribution >= 0.6 is 0 Å². The number of rotatable bonds is 4. The third kappa shape index (κ3) is 3.09. The van der Waals surface area contributed by atoms with Crippen molar-refractivity contribution in [1.82, 2.24) is 9.78 Å². The normalized spacial score (nSPS) is 29.5. The highest BCUT2D eigenvalue weighted by Gasteiger charge is 2.27. The summed E-state index contributed by atoms with van der Waals surface area (Å²) in [6, 6.07) is 0.391. The molecule has 96 valence electrons. The molecule has 0 spiro atoms. The number of nitrogens with two attached hydrogens (primary N) is 1. The van der Waals surface area contributed by atoms with Crippen molar-refractivity contribution in [2.45, 2.75) is 58.5 Å². The van der Waals surface area contributed by atoms with E-state index in [0.717, 1.165) is 18.9 Å². The summed E-state index contributed by atoms with van der Waals surface area (Å²) < 4.78 is 2.00. The van der Waals surface area contributed by atoms with Gasteiger partial charge in [-0.05, 0) is 50.0 Å². The van der Waals surface area contributed by atoms with Crippen molar-refractivity contribution in [3.05, 3.63) is 18.0 Å². The third-order valence-corrected chi connectivity index (χ3v) is 4.24. The van der Waals surface area contributed by atoms with E-state index in [-0.39, 0.29) is 0 Å². The summed E-state index contributed by atoms with van der Waals surface area (Å²) in [6.07, 6.45) is 10.4. The number of aryl methyl sites for hydroxylation is 1. The van der Waals surface area contributed by atoms with Crippen LogP contribution in [0.4, 0.5) is 0 Å². The molecule has 0 aromatic carbocycles. The number of aromatic nitrogens is 2. The lowest BCUT2D eigenvalue weighted by Gasteiger charge is -2.33. The average Bonchev–Trinajstić information content (AvgIpc) is 2.80. The Bertz CT molecular complexity index is 345. The maximum absolute atomic E-state index is 6.26. The molecule has 17 heavy (non-hydrogen) atoms. The number of hydrogen-bond acceptors (Lipinski definition) is 2. The molecule has 2 rings (SSSR count). The first-order valence-electron chi connectivity index (χ1n) is 6.99. The van der Waals surface area contributed by atoms with Crippen molar-refractivity contribution < 1.29 is 0 Å². The SMILES string of the molecule is CCC1CCC(N)C(Cc2cnn(CC)c2)C1. The molecule has 0 aliphatic heterocycles. The first-order chi connectivity index (χ1) is 8.22. The second-order valence-corrected chi connectivity index (χ2v) is 5.42. The topological polar surface area (TPSA) is 43.8 Å². The van der Waals surface area contributed by atoms with Gasteiger partial charge in [0, 0.05) is 18.8 Å². The van der Waals surface area contributed by atoms with Gasteiger partial charge in [0.1, 0.15) is 0 Å². The minimum absolute atomic E-state index is 0.391. The lowest BCUT2D eigenvalue weighted by atomic mass is 9.75. The molecule has 3 nitrogen and oxygen atoms in total. The second-order valence-electron chi connectivity index (χ2n) is 5.42. The molecule has 1 aromatic heterocycles. The Hall–Kier alpha value is -0.830. The summed E-state index contributed by atoms with van der Waals surface area (Å²) in [5, 5.41) is 4.34. The minimum Gasteiger partial charge on any atom is -0.327 e. The smallest absolute Gasteiger partial charge is 0.0521 e. The Kier molecular flexibility index (Phi) is 4.21. The summed E-state index contributed by atoms with van der Waals surface area (Å²) in [5.74, 6) is 1.55. The van der Waals surface area contributed by atoms with Gasteiger partial charge in [0.05, 0.1) is 6.20 Å². The number of hydrogen-bond donors (Lipinski definition) is 1. The Balaban J connectivity index is 1.96. The van der Waals surface area contributed by atoms with E-state index in [0.29, 0.717) is 12.0 Å². The lowest BCUT2D eigenvalue weighted by molar-refractivity contribution is 0.227. The average molecular weight is 235 g/mol. The Morgan fingerprint density at radius 1 is 1.41 bits per heavy atom. The van der Waals surface area contributed by atoms with Gasteiger partial charge in [-0.3, -0.25) is 4.68 Å². The van der Waals surface area contributed by atoms with E-state index in [4.69, 9.17) is 5.73 Å².